The molecular weight excluding hydrogens is 360 g/mol. The Bertz CT molecular complexity index is 1050. The van der Waals surface area contributed by atoms with Crippen LogP contribution in [0.4, 0.5) is 5.82 Å². The molecule has 2 amide bonds. The van der Waals surface area contributed by atoms with Crippen molar-refractivity contribution in [2.45, 2.75) is 25.8 Å². The first kappa shape index (κ1) is 17.8. The Morgan fingerprint density at radius 1 is 1.25 bits per heavy atom. The third-order valence-electron chi connectivity index (χ3n) is 4.67. The molecule has 1 unspecified atom stereocenters. The van der Waals surface area contributed by atoms with E-state index in [4.69, 9.17) is 5.73 Å². The second-order valence-electron chi connectivity index (χ2n) is 6.73. The van der Waals surface area contributed by atoms with E-state index in [1.807, 2.05) is 6.07 Å². The number of nitrogens with two attached hydrogens (primary N) is 1. The molecule has 1 aliphatic heterocycles. The maximum Gasteiger partial charge on any atom is 0.268 e. The molecule has 1 saturated heterocycles. The van der Waals surface area contributed by atoms with Crippen molar-refractivity contribution in [2.24, 2.45) is 5.73 Å². The lowest BCUT2D eigenvalue weighted by Gasteiger charge is -2.33. The van der Waals surface area contributed by atoms with Gasteiger partial charge in [0.2, 0.25) is 5.91 Å². The molecule has 28 heavy (non-hydrogen) atoms. The van der Waals surface area contributed by atoms with Gasteiger partial charge in [-0.1, -0.05) is 0 Å². The third kappa shape index (κ3) is 3.48. The summed E-state index contributed by atoms with van der Waals surface area (Å²) in [4.78, 5) is 42.3. The molecule has 0 spiro atoms. The summed E-state index contributed by atoms with van der Waals surface area (Å²) in [6.07, 6.45) is 8.25. The third-order valence-corrected chi connectivity index (χ3v) is 4.67. The predicted molar refractivity (Wildman–Crippen MR) is 102 cm³/mol. The molecule has 3 aromatic heterocycles. The summed E-state index contributed by atoms with van der Waals surface area (Å²) in [6, 6.07) is 1.95. The fourth-order valence-electron chi connectivity index (χ4n) is 3.42. The van der Waals surface area contributed by atoms with E-state index < -0.39 is 5.91 Å². The number of piperidine rings is 1. The summed E-state index contributed by atoms with van der Waals surface area (Å²) in [5, 5.41) is 2.98. The SMILES string of the molecule is CC(=O)NC1CCCN(c2ccnc(-c3cnc4cnc(C(N)=O)cn34)n2)C1. The van der Waals surface area contributed by atoms with Gasteiger partial charge in [0.05, 0.1) is 12.4 Å². The van der Waals surface area contributed by atoms with Crippen LogP contribution in [0.15, 0.2) is 30.9 Å². The van der Waals surface area contributed by atoms with Gasteiger partial charge in [-0.25, -0.2) is 19.9 Å². The number of anilines is 1. The molecule has 10 nitrogen and oxygen atoms in total. The fourth-order valence-corrected chi connectivity index (χ4v) is 3.42. The average Bonchev–Trinajstić information content (AvgIpc) is 3.11. The zero-order chi connectivity index (χ0) is 19.7. The van der Waals surface area contributed by atoms with Gasteiger partial charge in [0.15, 0.2) is 11.5 Å². The van der Waals surface area contributed by atoms with Crippen LogP contribution in [0.25, 0.3) is 17.2 Å². The van der Waals surface area contributed by atoms with Crippen LogP contribution in [0, 0.1) is 0 Å². The number of primary amides is 1. The molecule has 0 saturated carbocycles. The quantitative estimate of drug-likeness (QED) is 0.669. The maximum absolute atomic E-state index is 11.4. The standard InChI is InChI=1S/C18H20N8O2/c1-11(27)23-12-3-2-6-25(9-12)15-4-5-20-18(24-15)14-7-22-16-8-21-13(17(19)28)10-26(14)16/h4-5,7-8,10,12H,2-3,6,9H2,1H3,(H2,19,28)(H,23,27). The normalized spacial score (nSPS) is 16.9. The summed E-state index contributed by atoms with van der Waals surface area (Å²) >= 11 is 0. The Labute approximate surface area is 160 Å². The zero-order valence-corrected chi connectivity index (χ0v) is 15.4. The molecule has 3 N–H and O–H groups in total. The smallest absolute Gasteiger partial charge is 0.268 e. The number of carbonyl (C=O) groups excluding carboxylic acids is 2. The van der Waals surface area contributed by atoms with E-state index in [9.17, 15) is 9.59 Å². The highest BCUT2D eigenvalue weighted by Gasteiger charge is 2.22. The van der Waals surface area contributed by atoms with Gasteiger partial charge in [0.1, 0.15) is 17.2 Å². The zero-order valence-electron chi connectivity index (χ0n) is 15.4. The van der Waals surface area contributed by atoms with Crippen LogP contribution in [0.2, 0.25) is 0 Å². The van der Waals surface area contributed by atoms with E-state index in [2.05, 4.69) is 30.2 Å². The molecule has 0 aromatic carbocycles. The van der Waals surface area contributed by atoms with Gasteiger partial charge in [-0.15, -0.1) is 0 Å². The van der Waals surface area contributed by atoms with Gasteiger partial charge in [0, 0.05) is 38.4 Å². The second kappa shape index (κ2) is 7.22. The van der Waals surface area contributed by atoms with Crippen molar-refractivity contribution < 1.29 is 9.59 Å². The van der Waals surface area contributed by atoms with E-state index in [0.717, 1.165) is 25.2 Å². The Balaban J connectivity index is 1.66. The number of amides is 2. The lowest BCUT2D eigenvalue weighted by Crippen LogP contribution is -2.47. The van der Waals surface area contributed by atoms with Gasteiger partial charge >= 0.3 is 0 Å². The second-order valence-corrected chi connectivity index (χ2v) is 6.73. The van der Waals surface area contributed by atoms with Gasteiger partial charge in [-0.05, 0) is 18.9 Å². The number of hydrogen-bond donors (Lipinski definition) is 2. The Kier molecular flexibility index (Phi) is 4.60. The predicted octanol–water partition coefficient (Wildman–Crippen LogP) is 0.390. The van der Waals surface area contributed by atoms with E-state index in [-0.39, 0.29) is 17.6 Å². The van der Waals surface area contributed by atoms with Gasteiger partial charge in [0.25, 0.3) is 5.91 Å². The molecule has 1 atom stereocenters. The molecule has 0 aliphatic carbocycles. The van der Waals surface area contributed by atoms with Gasteiger partial charge in [-0.3, -0.25) is 14.0 Å². The molecule has 1 aliphatic rings. The van der Waals surface area contributed by atoms with E-state index >= 15 is 0 Å². The van der Waals surface area contributed by atoms with E-state index in [1.165, 1.54) is 19.3 Å². The molecular formula is C18H20N8O2. The number of rotatable bonds is 4. The van der Waals surface area contributed by atoms with Crippen LogP contribution in [0.1, 0.15) is 30.3 Å². The molecule has 4 rings (SSSR count). The van der Waals surface area contributed by atoms with Crippen molar-refractivity contribution in [3.63, 3.8) is 0 Å². The van der Waals surface area contributed by atoms with Crippen molar-refractivity contribution in [2.75, 3.05) is 18.0 Å². The first-order chi connectivity index (χ1) is 13.5. The molecule has 0 radical (unpaired) electrons. The van der Waals surface area contributed by atoms with Crippen molar-refractivity contribution in [1.82, 2.24) is 29.7 Å². The van der Waals surface area contributed by atoms with Gasteiger partial charge < -0.3 is 16.0 Å². The van der Waals surface area contributed by atoms with Crippen molar-refractivity contribution >= 4 is 23.3 Å². The maximum atomic E-state index is 11.4. The minimum Gasteiger partial charge on any atom is -0.364 e. The number of carbonyl (C=O) groups is 2. The lowest BCUT2D eigenvalue weighted by atomic mass is 10.1. The summed E-state index contributed by atoms with van der Waals surface area (Å²) in [5.41, 5.74) is 6.67. The van der Waals surface area contributed by atoms with E-state index in [1.54, 1.807) is 16.8 Å². The fraction of sp³-hybridized carbons (Fsp3) is 0.333. The first-order valence-corrected chi connectivity index (χ1v) is 8.99. The van der Waals surface area contributed by atoms with Crippen LogP contribution in [0.3, 0.4) is 0 Å². The Morgan fingerprint density at radius 3 is 2.89 bits per heavy atom. The van der Waals surface area contributed by atoms with Crippen LogP contribution in [0.5, 0.6) is 0 Å². The van der Waals surface area contributed by atoms with Crippen molar-refractivity contribution in [3.05, 3.63) is 36.5 Å². The highest BCUT2D eigenvalue weighted by Crippen LogP contribution is 2.22. The van der Waals surface area contributed by atoms with Crippen LogP contribution >= 0.6 is 0 Å². The minimum atomic E-state index is -0.617. The molecule has 1 fully saturated rings. The van der Waals surface area contributed by atoms with Crippen LogP contribution in [-0.4, -0.2) is 55.3 Å². The first-order valence-electron chi connectivity index (χ1n) is 8.99. The van der Waals surface area contributed by atoms with Gasteiger partial charge in [-0.2, -0.15) is 0 Å². The number of nitrogens with one attached hydrogen (secondary N) is 1. The summed E-state index contributed by atoms with van der Waals surface area (Å²) < 4.78 is 1.70. The van der Waals surface area contributed by atoms with Crippen molar-refractivity contribution in [3.8, 4) is 11.5 Å². The molecule has 3 aromatic rings. The Morgan fingerprint density at radius 2 is 2.11 bits per heavy atom. The lowest BCUT2D eigenvalue weighted by molar-refractivity contribution is -0.119. The minimum absolute atomic E-state index is 0.0279. The van der Waals surface area contributed by atoms with Crippen molar-refractivity contribution in [1.29, 1.82) is 0 Å². The number of imidazole rings is 1. The largest absolute Gasteiger partial charge is 0.364 e. The Hall–Kier alpha value is -3.56. The summed E-state index contributed by atoms with van der Waals surface area (Å²) in [6.45, 7) is 3.08. The number of aromatic nitrogens is 5. The average molecular weight is 380 g/mol. The molecule has 0 bridgehead atoms. The van der Waals surface area contributed by atoms with Crippen LogP contribution < -0.4 is 16.0 Å². The molecule has 4 heterocycles. The number of fused-ring (bicyclic) bond motifs is 1. The topological polar surface area (TPSA) is 131 Å². The molecule has 10 heteroatoms. The summed E-state index contributed by atoms with van der Waals surface area (Å²) in [7, 11) is 0. The highest BCUT2D eigenvalue weighted by atomic mass is 16.1. The monoisotopic (exact) mass is 380 g/mol. The van der Waals surface area contributed by atoms with Crippen LogP contribution in [-0.2, 0) is 4.79 Å². The molecule has 144 valence electrons. The number of hydrogen-bond acceptors (Lipinski definition) is 7. The number of nitrogens with zero attached hydrogens (tertiary/aromatic N) is 6. The van der Waals surface area contributed by atoms with E-state index in [0.29, 0.717) is 23.7 Å². The highest BCUT2D eigenvalue weighted by molar-refractivity contribution is 5.90. The summed E-state index contributed by atoms with van der Waals surface area (Å²) in [5.74, 6) is 0.612.